The Kier molecular flexibility index (Phi) is 9.30. The maximum absolute atomic E-state index is 13.2. The van der Waals surface area contributed by atoms with Crippen LogP contribution in [0.2, 0.25) is 0 Å². The number of hydrogen-bond acceptors (Lipinski definition) is 5. The van der Waals surface area contributed by atoms with E-state index in [0.29, 0.717) is 35.8 Å². The molecule has 0 bridgehead atoms. The summed E-state index contributed by atoms with van der Waals surface area (Å²) in [5.74, 6) is 0.302. The number of thiocarbonyl (C=S) groups is 1. The first-order valence-corrected chi connectivity index (χ1v) is 14.3. The second-order valence-corrected chi connectivity index (χ2v) is 10.8. The molecule has 0 fully saturated rings. The van der Waals surface area contributed by atoms with Gasteiger partial charge in [-0.15, -0.1) is 0 Å². The molecule has 1 amide bonds. The van der Waals surface area contributed by atoms with Crippen molar-refractivity contribution in [3.63, 3.8) is 0 Å². The second kappa shape index (κ2) is 13.0. The number of anilines is 2. The second-order valence-electron chi connectivity index (χ2n) is 8.55. The first-order valence-electron chi connectivity index (χ1n) is 12.4. The molecule has 2 N–H and O–H groups in total. The normalized spacial score (nSPS) is 10.9. The molecule has 0 heterocycles. The van der Waals surface area contributed by atoms with E-state index in [4.69, 9.17) is 17.0 Å². The van der Waals surface area contributed by atoms with Gasteiger partial charge < -0.3 is 10.1 Å². The Labute approximate surface area is 234 Å². The predicted molar refractivity (Wildman–Crippen MR) is 159 cm³/mol. The molecule has 0 aromatic heterocycles. The smallest absolute Gasteiger partial charge is 0.264 e. The van der Waals surface area contributed by atoms with Crippen LogP contribution in [-0.4, -0.2) is 32.6 Å². The fraction of sp³-hybridized carbons (Fsp3) is 0.133. The molecule has 200 valence electrons. The molecule has 0 aliphatic carbocycles. The van der Waals surface area contributed by atoms with Crippen molar-refractivity contribution in [2.45, 2.75) is 18.2 Å². The summed E-state index contributed by atoms with van der Waals surface area (Å²) in [6.45, 7) is 2.61. The maximum atomic E-state index is 13.2. The molecular weight excluding hydrogens is 530 g/mol. The molecule has 9 heteroatoms. The minimum Gasteiger partial charge on any atom is -0.493 e. The molecular formula is C30H29N3O4S2. The van der Waals surface area contributed by atoms with Crippen LogP contribution in [0, 0.1) is 0 Å². The van der Waals surface area contributed by atoms with Crippen LogP contribution in [0.25, 0.3) is 0 Å². The van der Waals surface area contributed by atoms with Gasteiger partial charge in [-0.1, -0.05) is 48.5 Å². The van der Waals surface area contributed by atoms with E-state index in [9.17, 15) is 13.2 Å². The van der Waals surface area contributed by atoms with Crippen LogP contribution >= 0.6 is 12.2 Å². The van der Waals surface area contributed by atoms with E-state index in [1.807, 2.05) is 24.3 Å². The van der Waals surface area contributed by atoms with Crippen molar-refractivity contribution < 1.29 is 17.9 Å². The quantitative estimate of drug-likeness (QED) is 0.244. The Morgan fingerprint density at radius 3 is 2.08 bits per heavy atom. The zero-order chi connectivity index (χ0) is 27.7. The minimum absolute atomic E-state index is 0.0956. The highest BCUT2D eigenvalue weighted by atomic mass is 32.2. The third-order valence-electron chi connectivity index (χ3n) is 5.88. The molecule has 0 aliphatic heterocycles. The van der Waals surface area contributed by atoms with Crippen LogP contribution in [0.15, 0.2) is 114 Å². The molecule has 4 rings (SSSR count). The summed E-state index contributed by atoms with van der Waals surface area (Å²) >= 11 is 5.28. The summed E-state index contributed by atoms with van der Waals surface area (Å²) < 4.78 is 33.4. The van der Waals surface area contributed by atoms with E-state index >= 15 is 0 Å². The Morgan fingerprint density at radius 2 is 1.46 bits per heavy atom. The fourth-order valence-electron chi connectivity index (χ4n) is 3.89. The molecule has 0 aliphatic rings. The lowest BCUT2D eigenvalue weighted by Crippen LogP contribution is -2.34. The van der Waals surface area contributed by atoms with Crippen molar-refractivity contribution in [3.8, 4) is 5.75 Å². The van der Waals surface area contributed by atoms with Crippen LogP contribution in [0.1, 0.15) is 22.8 Å². The Hall–Kier alpha value is -4.21. The number of rotatable bonds is 10. The number of hydrogen-bond donors (Lipinski definition) is 2. The average Bonchev–Trinajstić information content (AvgIpc) is 2.95. The Bertz CT molecular complexity index is 1490. The third kappa shape index (κ3) is 7.43. The summed E-state index contributed by atoms with van der Waals surface area (Å²) in [4.78, 5) is 12.8. The number of amides is 1. The van der Waals surface area contributed by atoms with Gasteiger partial charge in [-0.25, -0.2) is 8.42 Å². The number of para-hydroxylation sites is 1. The maximum Gasteiger partial charge on any atom is 0.264 e. The van der Waals surface area contributed by atoms with Crippen LogP contribution in [0.4, 0.5) is 11.4 Å². The van der Waals surface area contributed by atoms with Gasteiger partial charge in [-0.05, 0) is 85.4 Å². The average molecular weight is 560 g/mol. The molecule has 0 atom stereocenters. The van der Waals surface area contributed by atoms with Crippen molar-refractivity contribution in [1.82, 2.24) is 5.32 Å². The van der Waals surface area contributed by atoms with Crippen molar-refractivity contribution in [2.75, 3.05) is 22.8 Å². The van der Waals surface area contributed by atoms with Crippen LogP contribution in [0.3, 0.4) is 0 Å². The molecule has 0 spiro atoms. The SMILES string of the molecule is CCN(c1ccccc1)S(=O)(=O)c1ccc(NC(=S)NC(=O)c2ccc(OCCc3ccccc3)cc2)cc1. The standard InChI is InChI=1S/C30H29N3O4S2/c1-2-33(26-11-7-4-8-12-26)39(35,36)28-19-15-25(16-20-28)31-30(38)32-29(34)24-13-17-27(18-14-24)37-22-21-23-9-5-3-6-10-23/h3-20H,2,21-22H2,1H3,(H2,31,32,34,38). The topological polar surface area (TPSA) is 87.7 Å². The minimum atomic E-state index is -3.74. The van der Waals surface area contributed by atoms with E-state index < -0.39 is 10.0 Å². The lowest BCUT2D eigenvalue weighted by molar-refractivity contribution is 0.0977. The lowest BCUT2D eigenvalue weighted by atomic mass is 10.2. The summed E-state index contributed by atoms with van der Waals surface area (Å²) in [6.07, 6.45) is 0.791. The summed E-state index contributed by atoms with van der Waals surface area (Å²) in [5, 5.41) is 5.65. The molecule has 39 heavy (non-hydrogen) atoms. The van der Waals surface area contributed by atoms with Gasteiger partial charge in [0.05, 0.1) is 17.2 Å². The zero-order valence-corrected chi connectivity index (χ0v) is 23.0. The van der Waals surface area contributed by atoms with Crippen LogP contribution < -0.4 is 19.7 Å². The van der Waals surface area contributed by atoms with Crippen molar-refractivity contribution in [3.05, 3.63) is 120 Å². The van der Waals surface area contributed by atoms with Gasteiger partial charge in [0.2, 0.25) is 0 Å². The van der Waals surface area contributed by atoms with E-state index in [-0.39, 0.29) is 15.9 Å². The third-order valence-corrected chi connectivity index (χ3v) is 8.00. The fourth-order valence-corrected chi connectivity index (χ4v) is 5.58. The van der Waals surface area contributed by atoms with Gasteiger partial charge in [0, 0.05) is 24.2 Å². The summed E-state index contributed by atoms with van der Waals surface area (Å²) in [6, 6.07) is 32.0. The highest BCUT2D eigenvalue weighted by molar-refractivity contribution is 7.92. The van der Waals surface area contributed by atoms with E-state index in [1.54, 1.807) is 67.6 Å². The number of carbonyl (C=O) groups is 1. The number of nitrogens with one attached hydrogen (secondary N) is 2. The molecule has 4 aromatic carbocycles. The summed E-state index contributed by atoms with van der Waals surface area (Å²) in [5.41, 5.74) is 2.76. The first kappa shape index (κ1) is 27.8. The molecule has 4 aromatic rings. The first-order chi connectivity index (χ1) is 18.9. The molecule has 0 saturated heterocycles. The number of sulfonamides is 1. The predicted octanol–water partition coefficient (Wildman–Crippen LogP) is 5.65. The van der Waals surface area contributed by atoms with Gasteiger partial charge in [-0.3, -0.25) is 14.4 Å². The Balaban J connectivity index is 1.30. The molecule has 0 radical (unpaired) electrons. The van der Waals surface area contributed by atoms with E-state index in [2.05, 4.69) is 22.8 Å². The highest BCUT2D eigenvalue weighted by Crippen LogP contribution is 2.24. The van der Waals surface area contributed by atoms with Gasteiger partial charge in [0.15, 0.2) is 5.11 Å². The number of ether oxygens (including phenoxy) is 1. The van der Waals surface area contributed by atoms with Crippen molar-refractivity contribution >= 4 is 44.6 Å². The highest BCUT2D eigenvalue weighted by Gasteiger charge is 2.23. The number of carbonyl (C=O) groups excluding carboxylic acids is 1. The van der Waals surface area contributed by atoms with Crippen molar-refractivity contribution in [1.29, 1.82) is 0 Å². The molecule has 0 unspecified atom stereocenters. The molecule has 7 nitrogen and oxygen atoms in total. The number of nitrogens with zero attached hydrogens (tertiary/aromatic N) is 1. The van der Waals surface area contributed by atoms with E-state index in [0.717, 1.165) is 6.42 Å². The van der Waals surface area contributed by atoms with Gasteiger partial charge in [-0.2, -0.15) is 0 Å². The van der Waals surface area contributed by atoms with E-state index in [1.165, 1.54) is 22.0 Å². The molecule has 0 saturated carbocycles. The van der Waals surface area contributed by atoms with Crippen molar-refractivity contribution in [2.24, 2.45) is 0 Å². The zero-order valence-electron chi connectivity index (χ0n) is 21.4. The largest absolute Gasteiger partial charge is 0.493 e. The Morgan fingerprint density at radius 1 is 0.846 bits per heavy atom. The van der Waals surface area contributed by atoms with Gasteiger partial charge in [0.25, 0.3) is 15.9 Å². The van der Waals surface area contributed by atoms with Gasteiger partial charge >= 0.3 is 0 Å². The summed E-state index contributed by atoms with van der Waals surface area (Å²) in [7, 11) is -3.74. The lowest BCUT2D eigenvalue weighted by Gasteiger charge is -2.23. The monoisotopic (exact) mass is 559 g/mol. The van der Waals surface area contributed by atoms with Crippen LogP contribution in [-0.2, 0) is 16.4 Å². The number of benzene rings is 4. The van der Waals surface area contributed by atoms with Gasteiger partial charge in [0.1, 0.15) is 5.75 Å². The van der Waals surface area contributed by atoms with Crippen LogP contribution in [0.5, 0.6) is 5.75 Å².